The van der Waals surface area contributed by atoms with Crippen LogP contribution in [0.2, 0.25) is 0 Å². The van der Waals surface area contributed by atoms with Crippen molar-refractivity contribution in [2.45, 2.75) is 32.2 Å². The van der Waals surface area contributed by atoms with E-state index < -0.39 is 5.82 Å². The van der Waals surface area contributed by atoms with E-state index in [2.05, 4.69) is 0 Å². The van der Waals surface area contributed by atoms with Gasteiger partial charge in [0.25, 0.3) is 0 Å². The third-order valence-corrected chi connectivity index (χ3v) is 4.35. The minimum Gasteiger partial charge on any atom is -0.494 e. The molecule has 0 bridgehead atoms. The van der Waals surface area contributed by atoms with E-state index in [4.69, 9.17) is 10.5 Å². The van der Waals surface area contributed by atoms with E-state index in [1.165, 1.54) is 19.2 Å². The molecular weight excluding hydrogens is 299 g/mol. The summed E-state index contributed by atoms with van der Waals surface area (Å²) in [5.41, 5.74) is 5.91. The van der Waals surface area contributed by atoms with E-state index in [9.17, 15) is 14.0 Å². The highest BCUT2D eigenvalue weighted by molar-refractivity contribution is 5.98. The van der Waals surface area contributed by atoms with Crippen LogP contribution in [0.25, 0.3) is 0 Å². The van der Waals surface area contributed by atoms with Gasteiger partial charge in [0.2, 0.25) is 5.91 Å². The number of rotatable bonds is 6. The number of hydrogen-bond acceptors (Lipinski definition) is 4. The zero-order valence-corrected chi connectivity index (χ0v) is 13.5. The molecule has 0 aliphatic carbocycles. The van der Waals surface area contributed by atoms with Gasteiger partial charge in [-0.3, -0.25) is 9.59 Å². The summed E-state index contributed by atoms with van der Waals surface area (Å²) in [5.74, 6) is -0.446. The molecule has 0 aromatic heterocycles. The number of methoxy groups -OCH3 is 1. The summed E-state index contributed by atoms with van der Waals surface area (Å²) in [6, 6.07) is 4.23. The van der Waals surface area contributed by atoms with E-state index in [1.54, 1.807) is 4.90 Å². The lowest BCUT2D eigenvalue weighted by atomic mass is 10.1. The fraction of sp³-hybridized carbons (Fsp3) is 0.529. The fourth-order valence-electron chi connectivity index (χ4n) is 3.01. The van der Waals surface area contributed by atoms with E-state index in [1.807, 2.05) is 6.92 Å². The second kappa shape index (κ2) is 7.55. The average Bonchev–Trinajstić information content (AvgIpc) is 2.93. The summed E-state index contributed by atoms with van der Waals surface area (Å²) in [6.07, 6.45) is 1.11. The highest BCUT2D eigenvalue weighted by Gasteiger charge is 2.31. The zero-order valence-electron chi connectivity index (χ0n) is 13.5. The Hall–Kier alpha value is -1.95. The number of benzene rings is 1. The molecule has 2 atom stereocenters. The lowest BCUT2D eigenvalue weighted by Crippen LogP contribution is -2.34. The Bertz CT molecular complexity index is 591. The van der Waals surface area contributed by atoms with Crippen LogP contribution in [0.5, 0.6) is 5.75 Å². The molecule has 1 aliphatic heterocycles. The van der Waals surface area contributed by atoms with Gasteiger partial charge in [-0.05, 0) is 44.0 Å². The molecule has 0 saturated carbocycles. The molecule has 1 saturated heterocycles. The third kappa shape index (κ3) is 4.07. The van der Waals surface area contributed by atoms with Gasteiger partial charge in [0, 0.05) is 31.0 Å². The minimum absolute atomic E-state index is 0.0456. The van der Waals surface area contributed by atoms with Crippen molar-refractivity contribution in [1.82, 2.24) is 4.90 Å². The van der Waals surface area contributed by atoms with Crippen LogP contribution >= 0.6 is 0 Å². The molecule has 2 unspecified atom stereocenters. The largest absolute Gasteiger partial charge is 0.494 e. The van der Waals surface area contributed by atoms with Crippen molar-refractivity contribution < 1.29 is 18.7 Å². The fourth-order valence-corrected chi connectivity index (χ4v) is 3.01. The Morgan fingerprint density at radius 3 is 2.70 bits per heavy atom. The predicted octanol–water partition coefficient (Wildman–Crippen LogP) is 1.99. The molecule has 6 heteroatoms. The number of ketones is 1. The number of hydrogen-bond donors (Lipinski definition) is 1. The number of halogens is 1. The van der Waals surface area contributed by atoms with Gasteiger partial charge in [-0.1, -0.05) is 0 Å². The summed E-state index contributed by atoms with van der Waals surface area (Å²) in [4.78, 5) is 26.2. The van der Waals surface area contributed by atoms with Crippen LogP contribution in [-0.4, -0.2) is 42.8 Å². The van der Waals surface area contributed by atoms with Crippen molar-refractivity contribution >= 4 is 11.7 Å². The first-order chi connectivity index (χ1) is 11.0. The smallest absolute Gasteiger partial charge is 0.223 e. The topological polar surface area (TPSA) is 72.6 Å². The Labute approximate surface area is 135 Å². The van der Waals surface area contributed by atoms with Gasteiger partial charge in [0.05, 0.1) is 7.11 Å². The summed E-state index contributed by atoms with van der Waals surface area (Å²) in [7, 11) is 1.37. The molecule has 126 valence electrons. The van der Waals surface area contributed by atoms with Crippen LogP contribution < -0.4 is 10.5 Å². The number of likely N-dealkylation sites (tertiary alicyclic amines) is 1. The molecule has 0 radical (unpaired) electrons. The van der Waals surface area contributed by atoms with E-state index in [-0.39, 0.29) is 41.9 Å². The second-order valence-corrected chi connectivity index (χ2v) is 6.01. The van der Waals surface area contributed by atoms with Gasteiger partial charge in [-0.2, -0.15) is 0 Å². The molecule has 1 aromatic carbocycles. The quantitative estimate of drug-likeness (QED) is 0.813. The summed E-state index contributed by atoms with van der Waals surface area (Å²) < 4.78 is 18.4. The number of nitrogens with zero attached hydrogens (tertiary/aromatic N) is 1. The maximum atomic E-state index is 13.6. The molecule has 5 nitrogen and oxygen atoms in total. The molecular formula is C17H23FN2O3. The molecule has 2 N–H and O–H groups in total. The third-order valence-electron chi connectivity index (χ3n) is 4.35. The summed E-state index contributed by atoms with van der Waals surface area (Å²) in [6.45, 7) is 3.22. The molecule has 1 fully saturated rings. The van der Waals surface area contributed by atoms with Gasteiger partial charge >= 0.3 is 0 Å². The zero-order chi connectivity index (χ0) is 17.0. The molecule has 1 heterocycles. The lowest BCUT2D eigenvalue weighted by molar-refractivity contribution is -0.131. The number of Topliss-reactive ketones (excluding diaryl/α,β-unsaturated/α-hetero) is 1. The van der Waals surface area contributed by atoms with Gasteiger partial charge in [-0.15, -0.1) is 0 Å². The van der Waals surface area contributed by atoms with Crippen molar-refractivity contribution in [3.05, 3.63) is 29.6 Å². The van der Waals surface area contributed by atoms with Crippen LogP contribution in [-0.2, 0) is 4.79 Å². The highest BCUT2D eigenvalue weighted by Crippen LogP contribution is 2.24. The first-order valence-corrected chi connectivity index (χ1v) is 7.82. The number of ether oxygens (including phenoxy) is 1. The van der Waals surface area contributed by atoms with Crippen molar-refractivity contribution in [1.29, 1.82) is 0 Å². The Morgan fingerprint density at radius 2 is 2.13 bits per heavy atom. The van der Waals surface area contributed by atoms with Gasteiger partial charge in [-0.25, -0.2) is 4.39 Å². The SMILES string of the molecule is COc1ccc(C(=O)CCC(=O)N2CC(CN)CC2C)cc1F. The summed E-state index contributed by atoms with van der Waals surface area (Å²) in [5, 5.41) is 0. The summed E-state index contributed by atoms with van der Waals surface area (Å²) >= 11 is 0. The molecule has 0 spiro atoms. The first kappa shape index (κ1) is 17.4. The normalized spacial score (nSPS) is 20.6. The number of carbonyl (C=O) groups is 2. The van der Waals surface area contributed by atoms with Gasteiger partial charge < -0.3 is 15.4 Å². The number of nitrogens with two attached hydrogens (primary N) is 1. The van der Waals surface area contributed by atoms with Crippen molar-refractivity contribution in [2.75, 3.05) is 20.2 Å². The van der Waals surface area contributed by atoms with Gasteiger partial charge in [0.1, 0.15) is 0 Å². The van der Waals surface area contributed by atoms with E-state index in [0.717, 1.165) is 12.5 Å². The van der Waals surface area contributed by atoms with Gasteiger partial charge in [0.15, 0.2) is 17.3 Å². The van der Waals surface area contributed by atoms with Crippen LogP contribution in [0.1, 0.15) is 36.5 Å². The molecule has 1 aromatic rings. The van der Waals surface area contributed by atoms with Crippen molar-refractivity contribution in [3.8, 4) is 5.75 Å². The number of amides is 1. The minimum atomic E-state index is -0.580. The van der Waals surface area contributed by atoms with Crippen molar-refractivity contribution in [2.24, 2.45) is 11.7 Å². The maximum absolute atomic E-state index is 13.6. The van der Waals surface area contributed by atoms with Crippen LogP contribution in [0.4, 0.5) is 4.39 Å². The molecule has 2 rings (SSSR count). The Balaban J connectivity index is 1.91. The lowest BCUT2D eigenvalue weighted by Gasteiger charge is -2.21. The molecule has 1 aliphatic rings. The van der Waals surface area contributed by atoms with Crippen LogP contribution in [0, 0.1) is 11.7 Å². The maximum Gasteiger partial charge on any atom is 0.223 e. The standard InChI is InChI=1S/C17H23FN2O3/c1-11-7-12(9-19)10-20(11)17(22)6-4-15(21)13-3-5-16(23-2)14(18)8-13/h3,5,8,11-12H,4,6-7,9-10,19H2,1-2H3. The molecule has 1 amide bonds. The average molecular weight is 322 g/mol. The van der Waals surface area contributed by atoms with Crippen molar-refractivity contribution in [3.63, 3.8) is 0 Å². The molecule has 23 heavy (non-hydrogen) atoms. The van der Waals surface area contributed by atoms with E-state index >= 15 is 0 Å². The second-order valence-electron chi connectivity index (χ2n) is 6.01. The predicted molar refractivity (Wildman–Crippen MR) is 84.9 cm³/mol. The first-order valence-electron chi connectivity index (χ1n) is 7.82. The van der Waals surface area contributed by atoms with Crippen LogP contribution in [0.3, 0.4) is 0 Å². The Kier molecular flexibility index (Phi) is 5.71. The highest BCUT2D eigenvalue weighted by atomic mass is 19.1. The Morgan fingerprint density at radius 1 is 1.39 bits per heavy atom. The van der Waals surface area contributed by atoms with Crippen LogP contribution in [0.15, 0.2) is 18.2 Å². The monoisotopic (exact) mass is 322 g/mol. The van der Waals surface area contributed by atoms with E-state index in [0.29, 0.717) is 19.0 Å². The number of carbonyl (C=O) groups excluding carboxylic acids is 2.